The molecule has 1 N–H and O–H groups in total. The van der Waals surface area contributed by atoms with Crippen molar-refractivity contribution < 1.29 is 0 Å². The average Bonchev–Trinajstić information content (AvgIpc) is 2.97. The summed E-state index contributed by atoms with van der Waals surface area (Å²) < 4.78 is 0. The van der Waals surface area contributed by atoms with Crippen LogP contribution < -0.4 is 5.32 Å². The van der Waals surface area contributed by atoms with Crippen LogP contribution in [0, 0.1) is 13.8 Å². The highest BCUT2D eigenvalue weighted by Crippen LogP contribution is 2.30. The Morgan fingerprint density at radius 3 is 2.53 bits per heavy atom. The predicted octanol–water partition coefficient (Wildman–Crippen LogP) is 3.87. The zero-order valence-electron chi connectivity index (χ0n) is 12.0. The first-order valence-corrected chi connectivity index (χ1v) is 8.46. The van der Waals surface area contributed by atoms with Crippen LogP contribution in [0.1, 0.15) is 52.6 Å². The Kier molecular flexibility index (Phi) is 5.07. The molecule has 0 saturated heterocycles. The van der Waals surface area contributed by atoms with Gasteiger partial charge in [0.15, 0.2) is 0 Å². The largest absolute Gasteiger partial charge is 0.302 e. The smallest absolute Gasteiger partial charge is 0.117 e. The van der Waals surface area contributed by atoms with Crippen LogP contribution >= 0.6 is 22.7 Å². The van der Waals surface area contributed by atoms with Crippen LogP contribution in [0.4, 0.5) is 0 Å². The molecule has 0 aromatic carbocycles. The Labute approximate surface area is 123 Å². The van der Waals surface area contributed by atoms with Crippen LogP contribution in [-0.4, -0.2) is 16.5 Å². The highest BCUT2D eigenvalue weighted by Gasteiger charge is 2.21. The molecule has 0 aliphatic carbocycles. The van der Waals surface area contributed by atoms with E-state index in [2.05, 4.69) is 36.5 Å². The van der Waals surface area contributed by atoms with Crippen LogP contribution in [0.2, 0.25) is 0 Å². The molecule has 2 aromatic heterocycles. The lowest BCUT2D eigenvalue weighted by molar-refractivity contribution is 0.591. The van der Waals surface area contributed by atoms with E-state index < -0.39 is 0 Å². The van der Waals surface area contributed by atoms with Crippen molar-refractivity contribution in [3.63, 3.8) is 0 Å². The molecule has 2 heterocycles. The van der Waals surface area contributed by atoms with Crippen molar-refractivity contribution in [3.8, 4) is 0 Å². The minimum Gasteiger partial charge on any atom is -0.302 e. The standard InChI is InChI=1S/C14H21N3S2/c1-5-7-15-12(13-16-9(3)8-18-13)14-17-11(6-2)10(4)19-14/h8,12,15H,5-7H2,1-4H3. The molecule has 19 heavy (non-hydrogen) atoms. The number of rotatable bonds is 6. The fourth-order valence-electron chi connectivity index (χ4n) is 1.98. The molecule has 0 amide bonds. The molecule has 2 aromatic rings. The fourth-order valence-corrected chi connectivity index (χ4v) is 4.01. The van der Waals surface area contributed by atoms with Crippen molar-refractivity contribution in [2.24, 2.45) is 0 Å². The van der Waals surface area contributed by atoms with Crippen molar-refractivity contribution in [3.05, 3.63) is 31.7 Å². The zero-order chi connectivity index (χ0) is 13.8. The Hall–Kier alpha value is -0.780. The first-order chi connectivity index (χ1) is 9.15. The third kappa shape index (κ3) is 3.41. The predicted molar refractivity (Wildman–Crippen MR) is 83.2 cm³/mol. The fraction of sp³-hybridized carbons (Fsp3) is 0.571. The van der Waals surface area contributed by atoms with E-state index in [0.29, 0.717) is 0 Å². The van der Waals surface area contributed by atoms with Gasteiger partial charge < -0.3 is 5.32 Å². The van der Waals surface area contributed by atoms with Gasteiger partial charge in [-0.2, -0.15) is 0 Å². The first-order valence-electron chi connectivity index (χ1n) is 6.77. The molecule has 0 bridgehead atoms. The Morgan fingerprint density at radius 2 is 2.00 bits per heavy atom. The van der Waals surface area contributed by atoms with Gasteiger partial charge in [0.05, 0.1) is 5.69 Å². The van der Waals surface area contributed by atoms with E-state index in [1.807, 2.05) is 6.92 Å². The maximum atomic E-state index is 4.79. The van der Waals surface area contributed by atoms with E-state index in [9.17, 15) is 0 Å². The molecule has 0 fully saturated rings. The van der Waals surface area contributed by atoms with Crippen LogP contribution in [0.25, 0.3) is 0 Å². The summed E-state index contributed by atoms with van der Waals surface area (Å²) in [6.07, 6.45) is 2.12. The number of nitrogens with zero attached hydrogens (tertiary/aromatic N) is 2. The summed E-state index contributed by atoms with van der Waals surface area (Å²) in [5.74, 6) is 0. The molecule has 5 heteroatoms. The molecule has 2 rings (SSSR count). The lowest BCUT2D eigenvalue weighted by Crippen LogP contribution is -2.23. The minimum absolute atomic E-state index is 0.155. The topological polar surface area (TPSA) is 37.8 Å². The second kappa shape index (κ2) is 6.59. The Balaban J connectivity index is 2.30. The first kappa shape index (κ1) is 14.6. The summed E-state index contributed by atoms with van der Waals surface area (Å²) in [5, 5.41) is 7.96. The van der Waals surface area contributed by atoms with Gasteiger partial charge >= 0.3 is 0 Å². The normalized spacial score (nSPS) is 12.8. The molecule has 3 nitrogen and oxygen atoms in total. The second-order valence-corrected chi connectivity index (χ2v) is 6.75. The van der Waals surface area contributed by atoms with Gasteiger partial charge in [0.2, 0.25) is 0 Å². The van der Waals surface area contributed by atoms with Gasteiger partial charge in [-0.05, 0) is 33.2 Å². The molecule has 0 aliphatic heterocycles. The van der Waals surface area contributed by atoms with Gasteiger partial charge in [0, 0.05) is 16.0 Å². The highest BCUT2D eigenvalue weighted by atomic mass is 32.1. The Morgan fingerprint density at radius 1 is 1.21 bits per heavy atom. The molecule has 0 spiro atoms. The SMILES string of the molecule is CCCNC(c1nc(C)cs1)c1nc(CC)c(C)s1. The van der Waals surface area contributed by atoms with Crippen LogP contribution in [0.3, 0.4) is 0 Å². The molecule has 0 saturated carbocycles. The van der Waals surface area contributed by atoms with Gasteiger partial charge in [-0.15, -0.1) is 22.7 Å². The van der Waals surface area contributed by atoms with E-state index in [0.717, 1.165) is 35.1 Å². The number of aromatic nitrogens is 2. The average molecular weight is 295 g/mol. The molecule has 1 atom stereocenters. The van der Waals surface area contributed by atoms with Gasteiger partial charge in [0.1, 0.15) is 16.1 Å². The van der Waals surface area contributed by atoms with Gasteiger partial charge in [0.25, 0.3) is 0 Å². The summed E-state index contributed by atoms with van der Waals surface area (Å²) in [6.45, 7) is 9.53. The monoisotopic (exact) mass is 295 g/mol. The summed E-state index contributed by atoms with van der Waals surface area (Å²) in [5.41, 5.74) is 2.31. The summed E-state index contributed by atoms with van der Waals surface area (Å²) in [7, 11) is 0. The van der Waals surface area contributed by atoms with E-state index in [1.54, 1.807) is 22.7 Å². The van der Waals surface area contributed by atoms with Crippen molar-refractivity contribution in [2.75, 3.05) is 6.54 Å². The van der Waals surface area contributed by atoms with Crippen LogP contribution in [0.5, 0.6) is 0 Å². The van der Waals surface area contributed by atoms with E-state index in [-0.39, 0.29) is 6.04 Å². The lowest BCUT2D eigenvalue weighted by atomic mass is 10.3. The molecule has 104 valence electrons. The maximum Gasteiger partial charge on any atom is 0.117 e. The van der Waals surface area contributed by atoms with Gasteiger partial charge in [-0.3, -0.25) is 0 Å². The molecular weight excluding hydrogens is 274 g/mol. The zero-order valence-corrected chi connectivity index (χ0v) is 13.6. The van der Waals surface area contributed by atoms with E-state index >= 15 is 0 Å². The highest BCUT2D eigenvalue weighted by molar-refractivity contribution is 7.12. The quantitative estimate of drug-likeness (QED) is 0.879. The van der Waals surface area contributed by atoms with Crippen molar-refractivity contribution >= 4 is 22.7 Å². The number of aryl methyl sites for hydroxylation is 3. The van der Waals surface area contributed by atoms with Gasteiger partial charge in [-0.1, -0.05) is 13.8 Å². The van der Waals surface area contributed by atoms with E-state index in [1.165, 1.54) is 10.6 Å². The Bertz CT molecular complexity index is 531. The maximum absolute atomic E-state index is 4.79. The van der Waals surface area contributed by atoms with Gasteiger partial charge in [-0.25, -0.2) is 9.97 Å². The summed E-state index contributed by atoms with van der Waals surface area (Å²) >= 11 is 3.51. The number of hydrogen-bond acceptors (Lipinski definition) is 5. The number of nitrogens with one attached hydrogen (secondary N) is 1. The summed E-state index contributed by atoms with van der Waals surface area (Å²) in [6, 6.07) is 0.155. The lowest BCUT2D eigenvalue weighted by Gasteiger charge is -2.13. The van der Waals surface area contributed by atoms with Crippen LogP contribution in [0.15, 0.2) is 5.38 Å². The van der Waals surface area contributed by atoms with Crippen molar-refractivity contribution in [1.82, 2.24) is 15.3 Å². The third-order valence-electron chi connectivity index (χ3n) is 2.97. The van der Waals surface area contributed by atoms with E-state index in [4.69, 9.17) is 4.98 Å². The molecule has 0 aliphatic rings. The number of thiazole rings is 2. The summed E-state index contributed by atoms with van der Waals surface area (Å²) in [4.78, 5) is 10.7. The molecule has 1 unspecified atom stereocenters. The number of hydrogen-bond donors (Lipinski definition) is 1. The third-order valence-corrected chi connectivity index (χ3v) is 5.08. The van der Waals surface area contributed by atoms with Crippen molar-refractivity contribution in [2.45, 2.75) is 46.6 Å². The molecular formula is C14H21N3S2. The second-order valence-electron chi connectivity index (χ2n) is 4.62. The molecule has 0 radical (unpaired) electrons. The minimum atomic E-state index is 0.155. The van der Waals surface area contributed by atoms with Crippen molar-refractivity contribution in [1.29, 1.82) is 0 Å². The van der Waals surface area contributed by atoms with Crippen LogP contribution in [-0.2, 0) is 6.42 Å².